The highest BCUT2D eigenvalue weighted by atomic mass is 16.3. The van der Waals surface area contributed by atoms with Crippen LogP contribution in [0.25, 0.3) is 0 Å². The molecule has 4 nitrogen and oxygen atoms in total. The van der Waals surface area contributed by atoms with Gasteiger partial charge in [-0.15, -0.1) is 0 Å². The molecule has 2 rings (SSSR count). The largest absolute Gasteiger partial charge is 0.395 e. The third-order valence-corrected chi connectivity index (χ3v) is 3.62. The molecule has 0 aliphatic heterocycles. The fraction of sp³-hybridized carbons (Fsp3) is 0.333. The molecule has 0 aromatic heterocycles. The van der Waals surface area contributed by atoms with Crippen molar-refractivity contribution < 1.29 is 10.2 Å². The number of aliphatic hydroxyl groups is 2. The molecule has 0 aliphatic carbocycles. The van der Waals surface area contributed by atoms with Gasteiger partial charge in [0.05, 0.1) is 13.2 Å². The van der Waals surface area contributed by atoms with Crippen molar-refractivity contribution >= 4 is 11.4 Å². The van der Waals surface area contributed by atoms with E-state index in [-0.39, 0.29) is 13.2 Å². The van der Waals surface area contributed by atoms with E-state index in [2.05, 4.69) is 34.1 Å². The van der Waals surface area contributed by atoms with Crippen molar-refractivity contribution in [2.45, 2.75) is 0 Å². The minimum Gasteiger partial charge on any atom is -0.395 e. The van der Waals surface area contributed by atoms with Crippen LogP contribution in [0.5, 0.6) is 0 Å². The van der Waals surface area contributed by atoms with E-state index in [9.17, 15) is 10.2 Å². The van der Waals surface area contributed by atoms with Crippen molar-refractivity contribution in [2.75, 3.05) is 49.2 Å². The summed E-state index contributed by atoms with van der Waals surface area (Å²) in [5.74, 6) is 0. The highest BCUT2D eigenvalue weighted by Crippen LogP contribution is 2.15. The topological polar surface area (TPSA) is 46.9 Å². The van der Waals surface area contributed by atoms with Crippen molar-refractivity contribution in [1.82, 2.24) is 0 Å². The van der Waals surface area contributed by atoms with Crippen LogP contribution >= 0.6 is 0 Å². The summed E-state index contributed by atoms with van der Waals surface area (Å²) in [4.78, 5) is 4.32. The molecule has 0 aliphatic rings. The Hall–Kier alpha value is -2.04. The molecule has 0 unspecified atom stereocenters. The fourth-order valence-electron chi connectivity index (χ4n) is 2.50. The zero-order chi connectivity index (χ0) is 15.6. The second-order valence-electron chi connectivity index (χ2n) is 5.09. The summed E-state index contributed by atoms with van der Waals surface area (Å²) < 4.78 is 0. The molecule has 0 spiro atoms. The molecule has 4 heteroatoms. The van der Waals surface area contributed by atoms with Gasteiger partial charge in [0, 0.05) is 37.6 Å². The Morgan fingerprint density at radius 2 is 0.909 bits per heavy atom. The zero-order valence-corrected chi connectivity index (χ0v) is 12.8. The highest BCUT2D eigenvalue weighted by Gasteiger charge is 2.10. The summed E-state index contributed by atoms with van der Waals surface area (Å²) in [7, 11) is 0. The van der Waals surface area contributed by atoms with Crippen LogP contribution in [0.3, 0.4) is 0 Å². The van der Waals surface area contributed by atoms with Gasteiger partial charge in [-0.05, 0) is 24.3 Å². The van der Waals surface area contributed by atoms with Crippen LogP contribution in [0.15, 0.2) is 60.7 Å². The predicted octanol–water partition coefficient (Wildman–Crippen LogP) is 1.98. The Morgan fingerprint density at radius 1 is 0.545 bits per heavy atom. The van der Waals surface area contributed by atoms with Gasteiger partial charge in [0.25, 0.3) is 0 Å². The molecular formula is C18H24N2O2. The van der Waals surface area contributed by atoms with Gasteiger partial charge in [-0.3, -0.25) is 0 Å². The molecular weight excluding hydrogens is 276 g/mol. The van der Waals surface area contributed by atoms with Crippen molar-refractivity contribution in [3.8, 4) is 0 Å². The van der Waals surface area contributed by atoms with E-state index in [1.54, 1.807) is 0 Å². The highest BCUT2D eigenvalue weighted by molar-refractivity contribution is 5.48. The average molecular weight is 300 g/mol. The Labute approximate surface area is 132 Å². The number of rotatable bonds is 9. The van der Waals surface area contributed by atoms with Crippen molar-refractivity contribution in [3.63, 3.8) is 0 Å². The number of aliphatic hydroxyl groups excluding tert-OH is 2. The van der Waals surface area contributed by atoms with Crippen LogP contribution in [0.2, 0.25) is 0 Å². The van der Waals surface area contributed by atoms with Gasteiger partial charge in [0.2, 0.25) is 0 Å². The molecule has 0 atom stereocenters. The lowest BCUT2D eigenvalue weighted by Gasteiger charge is -2.30. The molecule has 118 valence electrons. The standard InChI is InChI=1S/C18H24N2O2/c21-15-13-19(17-7-3-1-4-8-17)11-12-20(14-16-22)18-9-5-2-6-10-18/h1-10,21-22H,11-16H2. The summed E-state index contributed by atoms with van der Waals surface area (Å²) >= 11 is 0. The second-order valence-corrected chi connectivity index (χ2v) is 5.09. The van der Waals surface area contributed by atoms with Crippen LogP contribution in [-0.4, -0.2) is 49.6 Å². The summed E-state index contributed by atoms with van der Waals surface area (Å²) in [5, 5.41) is 18.6. The Balaban J connectivity index is 2.03. The van der Waals surface area contributed by atoms with Crippen molar-refractivity contribution in [3.05, 3.63) is 60.7 Å². The molecule has 2 aromatic rings. The minimum absolute atomic E-state index is 0.125. The first-order valence-corrected chi connectivity index (χ1v) is 7.67. The molecule has 0 fully saturated rings. The van der Waals surface area contributed by atoms with Crippen molar-refractivity contribution in [1.29, 1.82) is 0 Å². The summed E-state index contributed by atoms with van der Waals surface area (Å²) in [6, 6.07) is 20.2. The van der Waals surface area contributed by atoms with Crippen molar-refractivity contribution in [2.24, 2.45) is 0 Å². The van der Waals surface area contributed by atoms with Crippen LogP contribution in [-0.2, 0) is 0 Å². The number of para-hydroxylation sites is 2. The van der Waals surface area contributed by atoms with E-state index in [1.807, 2.05) is 36.4 Å². The Bertz CT molecular complexity index is 470. The molecule has 0 amide bonds. The molecule has 0 radical (unpaired) electrons. The molecule has 0 saturated heterocycles. The lowest BCUT2D eigenvalue weighted by atomic mass is 10.2. The first-order chi connectivity index (χ1) is 10.8. The van der Waals surface area contributed by atoms with Gasteiger partial charge >= 0.3 is 0 Å². The first-order valence-electron chi connectivity index (χ1n) is 7.67. The molecule has 0 heterocycles. The van der Waals surface area contributed by atoms with Crippen LogP contribution in [0.1, 0.15) is 0 Å². The minimum atomic E-state index is 0.125. The van der Waals surface area contributed by atoms with Crippen LogP contribution in [0.4, 0.5) is 11.4 Å². The number of anilines is 2. The maximum Gasteiger partial charge on any atom is 0.0606 e. The molecule has 22 heavy (non-hydrogen) atoms. The quantitative estimate of drug-likeness (QED) is 0.743. The maximum absolute atomic E-state index is 9.29. The molecule has 0 saturated carbocycles. The van der Waals surface area contributed by atoms with Crippen LogP contribution < -0.4 is 9.80 Å². The van der Waals surface area contributed by atoms with E-state index in [1.165, 1.54) is 0 Å². The van der Waals surface area contributed by atoms with Gasteiger partial charge in [-0.25, -0.2) is 0 Å². The lowest BCUT2D eigenvalue weighted by Crippen LogP contribution is -2.38. The normalized spacial score (nSPS) is 10.5. The number of hydrogen-bond acceptors (Lipinski definition) is 4. The van der Waals surface area contributed by atoms with Crippen LogP contribution in [0, 0.1) is 0 Å². The van der Waals surface area contributed by atoms with E-state index < -0.39 is 0 Å². The van der Waals surface area contributed by atoms with E-state index >= 15 is 0 Å². The lowest BCUT2D eigenvalue weighted by molar-refractivity contribution is 0.298. The Morgan fingerprint density at radius 3 is 1.23 bits per heavy atom. The summed E-state index contributed by atoms with van der Waals surface area (Å²) in [5.41, 5.74) is 2.21. The number of nitrogens with zero attached hydrogens (tertiary/aromatic N) is 2. The summed E-state index contributed by atoms with van der Waals surface area (Å²) in [6.45, 7) is 3.04. The Kier molecular flexibility index (Phi) is 6.74. The predicted molar refractivity (Wildman–Crippen MR) is 91.5 cm³/mol. The SMILES string of the molecule is OCCN(CCN(CCO)c1ccccc1)c1ccccc1. The average Bonchev–Trinajstić information content (AvgIpc) is 2.59. The van der Waals surface area contributed by atoms with Gasteiger partial charge in [0.1, 0.15) is 0 Å². The van der Waals surface area contributed by atoms with E-state index in [0.717, 1.165) is 24.5 Å². The van der Waals surface area contributed by atoms with Gasteiger partial charge in [-0.2, -0.15) is 0 Å². The molecule has 2 aromatic carbocycles. The van der Waals surface area contributed by atoms with E-state index in [0.29, 0.717) is 13.1 Å². The van der Waals surface area contributed by atoms with Gasteiger partial charge in [0.15, 0.2) is 0 Å². The maximum atomic E-state index is 9.29. The molecule has 0 bridgehead atoms. The van der Waals surface area contributed by atoms with Gasteiger partial charge < -0.3 is 20.0 Å². The monoisotopic (exact) mass is 300 g/mol. The second kappa shape index (κ2) is 9.07. The summed E-state index contributed by atoms with van der Waals surface area (Å²) in [6.07, 6.45) is 0. The third-order valence-electron chi connectivity index (χ3n) is 3.62. The van der Waals surface area contributed by atoms with E-state index in [4.69, 9.17) is 0 Å². The third kappa shape index (κ3) is 4.76. The molecule has 2 N–H and O–H groups in total. The zero-order valence-electron chi connectivity index (χ0n) is 12.8. The number of hydrogen-bond donors (Lipinski definition) is 2. The first kappa shape index (κ1) is 16.3. The van der Waals surface area contributed by atoms with Gasteiger partial charge in [-0.1, -0.05) is 36.4 Å². The smallest absolute Gasteiger partial charge is 0.0606 e. The number of benzene rings is 2. The fourth-order valence-corrected chi connectivity index (χ4v) is 2.50.